The molecule has 0 saturated carbocycles. The largest absolute Gasteiger partial charge is 0.508 e. The summed E-state index contributed by atoms with van der Waals surface area (Å²) in [6, 6.07) is 3.50. The van der Waals surface area contributed by atoms with Crippen LogP contribution >= 0.6 is 23.2 Å². The molecule has 3 N–H and O–H groups in total. The van der Waals surface area contributed by atoms with Crippen LogP contribution in [0.15, 0.2) is 18.2 Å². The summed E-state index contributed by atoms with van der Waals surface area (Å²) in [7, 11) is 0. The molecule has 2 atom stereocenters. The van der Waals surface area contributed by atoms with Crippen LogP contribution in [0, 0.1) is 11.9 Å². The maximum atomic E-state index is 14.3. The summed E-state index contributed by atoms with van der Waals surface area (Å²) in [6.07, 6.45) is 0.576. The molecule has 29 heavy (non-hydrogen) atoms. The summed E-state index contributed by atoms with van der Waals surface area (Å²) < 4.78 is 20.0. The number of ether oxygens (including phenoxy) is 1. The van der Waals surface area contributed by atoms with Gasteiger partial charge in [-0.3, -0.25) is 0 Å². The van der Waals surface area contributed by atoms with E-state index in [0.29, 0.717) is 12.0 Å². The van der Waals surface area contributed by atoms with E-state index in [9.17, 15) is 19.4 Å². The zero-order valence-electron chi connectivity index (χ0n) is 16.5. The molecule has 1 aromatic carbocycles. The Balaban J connectivity index is 2.46. The van der Waals surface area contributed by atoms with Crippen LogP contribution in [0.2, 0.25) is 10.0 Å². The number of carboxylic acid groups (broad SMARTS) is 1. The van der Waals surface area contributed by atoms with Crippen molar-refractivity contribution in [3.05, 3.63) is 39.8 Å². The Kier molecular flexibility index (Phi) is 7.54. The van der Waals surface area contributed by atoms with Gasteiger partial charge in [0.1, 0.15) is 27.6 Å². The smallest absolute Gasteiger partial charge is 0.326 e. The first-order valence-corrected chi connectivity index (χ1v) is 9.86. The first-order valence-electron chi connectivity index (χ1n) is 9.11. The Morgan fingerprint density at radius 3 is 2.48 bits per heavy atom. The number of aromatic hydroxyl groups is 1. The molecule has 158 valence electrons. The lowest BCUT2D eigenvalue weighted by molar-refractivity contribution is -0.139. The molecule has 0 saturated heterocycles. The number of phenolic OH excluding ortho intramolecular Hbond substituents is 1. The highest BCUT2D eigenvalue weighted by Gasteiger charge is 2.27. The number of aromatic nitrogens is 1. The van der Waals surface area contributed by atoms with Gasteiger partial charge in [-0.15, -0.1) is 0 Å². The van der Waals surface area contributed by atoms with Crippen molar-refractivity contribution in [3.8, 4) is 17.2 Å². The second kappa shape index (κ2) is 9.50. The van der Waals surface area contributed by atoms with Crippen molar-refractivity contribution < 1.29 is 24.1 Å². The molecule has 1 heterocycles. The molecule has 0 radical (unpaired) electrons. The number of rotatable bonds is 8. The van der Waals surface area contributed by atoms with E-state index in [1.807, 2.05) is 20.8 Å². The summed E-state index contributed by atoms with van der Waals surface area (Å²) in [5.41, 5.74) is 0.630. The van der Waals surface area contributed by atoms with E-state index in [0.717, 1.165) is 0 Å². The molecule has 6 nitrogen and oxygen atoms in total. The second-order valence-electron chi connectivity index (χ2n) is 7.03. The molecule has 9 heteroatoms. The lowest BCUT2D eigenvalue weighted by Crippen LogP contribution is -2.35. The van der Waals surface area contributed by atoms with Gasteiger partial charge in [0.2, 0.25) is 5.95 Å². The fourth-order valence-corrected chi connectivity index (χ4v) is 3.14. The van der Waals surface area contributed by atoms with Gasteiger partial charge < -0.3 is 20.3 Å². The van der Waals surface area contributed by atoms with E-state index in [-0.39, 0.29) is 39.9 Å². The number of carbonyl (C=O) groups is 1. The zero-order chi connectivity index (χ0) is 21.9. The molecule has 0 amide bonds. The van der Waals surface area contributed by atoms with Crippen LogP contribution in [0.5, 0.6) is 17.2 Å². The lowest BCUT2D eigenvalue weighted by Gasteiger charge is -2.22. The third-order valence-electron chi connectivity index (χ3n) is 4.61. The van der Waals surface area contributed by atoms with E-state index >= 15 is 0 Å². The second-order valence-corrected chi connectivity index (χ2v) is 7.79. The van der Waals surface area contributed by atoms with E-state index in [4.69, 9.17) is 27.9 Å². The maximum Gasteiger partial charge on any atom is 0.326 e. The number of hydrogen-bond acceptors (Lipinski definition) is 5. The molecule has 0 fully saturated rings. The topological polar surface area (TPSA) is 91.7 Å². The van der Waals surface area contributed by atoms with Gasteiger partial charge in [0.15, 0.2) is 11.6 Å². The van der Waals surface area contributed by atoms with Gasteiger partial charge in [-0.2, -0.15) is 9.37 Å². The molecule has 2 rings (SSSR count). The van der Waals surface area contributed by atoms with Crippen molar-refractivity contribution in [2.45, 2.75) is 46.1 Å². The fourth-order valence-electron chi connectivity index (χ4n) is 2.69. The van der Waals surface area contributed by atoms with Crippen molar-refractivity contribution in [3.63, 3.8) is 0 Å². The molecule has 0 bridgehead atoms. The van der Waals surface area contributed by atoms with Gasteiger partial charge >= 0.3 is 5.97 Å². The molecule has 2 aromatic rings. The summed E-state index contributed by atoms with van der Waals surface area (Å²) >= 11 is 12.3. The number of anilines is 1. The minimum atomic E-state index is -1.12. The van der Waals surface area contributed by atoms with Crippen molar-refractivity contribution in [1.82, 2.24) is 4.98 Å². The van der Waals surface area contributed by atoms with E-state index in [1.54, 1.807) is 13.0 Å². The number of nitrogens with zero attached hydrogens (tertiary/aromatic N) is 1. The van der Waals surface area contributed by atoms with Crippen LogP contribution in [0.25, 0.3) is 0 Å². The first-order chi connectivity index (χ1) is 13.6. The Labute approximate surface area is 178 Å². The van der Waals surface area contributed by atoms with E-state index in [2.05, 4.69) is 10.3 Å². The van der Waals surface area contributed by atoms with Gasteiger partial charge in [0.25, 0.3) is 0 Å². The van der Waals surface area contributed by atoms with Crippen molar-refractivity contribution in [2.24, 2.45) is 5.92 Å². The van der Waals surface area contributed by atoms with Crippen LogP contribution in [0.1, 0.15) is 45.6 Å². The number of carboxylic acids is 1. The third-order valence-corrected chi connectivity index (χ3v) is 5.29. The quantitative estimate of drug-likeness (QED) is 0.428. The van der Waals surface area contributed by atoms with Crippen LogP contribution in [0.3, 0.4) is 0 Å². The number of halogens is 3. The molecular weight excluding hydrogens is 422 g/mol. The zero-order valence-corrected chi connectivity index (χ0v) is 18.0. The molecule has 0 aliphatic heterocycles. The molecule has 0 aliphatic rings. The van der Waals surface area contributed by atoms with Gasteiger partial charge in [0.05, 0.1) is 0 Å². The minimum Gasteiger partial charge on any atom is -0.508 e. The monoisotopic (exact) mass is 444 g/mol. The highest BCUT2D eigenvalue weighted by Crippen LogP contribution is 2.42. The maximum absolute atomic E-state index is 14.3. The summed E-state index contributed by atoms with van der Waals surface area (Å²) in [5, 5.41) is 21.5. The summed E-state index contributed by atoms with van der Waals surface area (Å²) in [4.78, 5) is 15.2. The predicted octanol–water partition coefficient (Wildman–Crippen LogP) is 6.06. The standard InChI is InChI=1S/C20H23Cl2FN2O4/c1-5-10(4)16(20(27)28)24-19-15(22)17(14(21)18(23)25-19)29-11-6-7-13(26)12(8-11)9(2)3/h6-10,16,26H,5H2,1-4H3,(H,24,25)(H,27,28)/t10-,16+/m1/s1. The SMILES string of the molecule is CC[C@@H](C)[C@H](Nc1nc(F)c(Cl)c(Oc2ccc(O)c(C(C)C)c2)c1Cl)C(=O)O. The minimum absolute atomic E-state index is 0.0164. The van der Waals surface area contributed by atoms with Crippen LogP contribution < -0.4 is 10.1 Å². The van der Waals surface area contributed by atoms with E-state index < -0.39 is 23.0 Å². The average molecular weight is 445 g/mol. The predicted molar refractivity (Wildman–Crippen MR) is 111 cm³/mol. The average Bonchev–Trinajstić information content (AvgIpc) is 2.67. The number of aliphatic carboxylic acids is 1. The van der Waals surface area contributed by atoms with Gasteiger partial charge in [-0.05, 0) is 30.0 Å². The van der Waals surface area contributed by atoms with Crippen LogP contribution in [-0.4, -0.2) is 27.2 Å². The molecular formula is C20H23Cl2FN2O4. The van der Waals surface area contributed by atoms with Gasteiger partial charge in [0, 0.05) is 5.56 Å². The Hall–Kier alpha value is -2.25. The third kappa shape index (κ3) is 5.22. The summed E-state index contributed by atoms with van der Waals surface area (Å²) in [5.74, 6) is -2.41. The highest BCUT2D eigenvalue weighted by molar-refractivity contribution is 6.38. The molecule has 1 aromatic heterocycles. The Morgan fingerprint density at radius 1 is 1.28 bits per heavy atom. The Bertz CT molecular complexity index is 909. The number of benzene rings is 1. The van der Waals surface area contributed by atoms with Crippen LogP contribution in [-0.2, 0) is 4.79 Å². The first kappa shape index (κ1) is 23.0. The lowest BCUT2D eigenvalue weighted by atomic mass is 9.99. The number of pyridine rings is 1. The van der Waals surface area contributed by atoms with Crippen LogP contribution in [0.4, 0.5) is 10.2 Å². The normalized spacial score (nSPS) is 13.2. The van der Waals surface area contributed by atoms with Crippen molar-refractivity contribution >= 4 is 35.0 Å². The number of hydrogen-bond donors (Lipinski definition) is 3. The number of phenols is 1. The van der Waals surface area contributed by atoms with Crippen molar-refractivity contribution in [1.29, 1.82) is 0 Å². The van der Waals surface area contributed by atoms with Gasteiger partial charge in [-0.1, -0.05) is 57.3 Å². The van der Waals surface area contributed by atoms with Crippen molar-refractivity contribution in [2.75, 3.05) is 5.32 Å². The fraction of sp³-hybridized carbons (Fsp3) is 0.400. The van der Waals surface area contributed by atoms with Gasteiger partial charge in [-0.25, -0.2) is 4.79 Å². The molecule has 0 aliphatic carbocycles. The molecule has 0 unspecified atom stereocenters. The van der Waals surface area contributed by atoms with E-state index in [1.165, 1.54) is 12.1 Å². The Morgan fingerprint density at radius 2 is 1.93 bits per heavy atom. The number of nitrogens with one attached hydrogen (secondary N) is 1. The molecule has 0 spiro atoms. The highest BCUT2D eigenvalue weighted by atomic mass is 35.5. The summed E-state index contributed by atoms with van der Waals surface area (Å²) in [6.45, 7) is 7.38.